The van der Waals surface area contributed by atoms with Gasteiger partial charge in [0.15, 0.2) is 0 Å². The summed E-state index contributed by atoms with van der Waals surface area (Å²) >= 11 is 6.24. The third-order valence-electron chi connectivity index (χ3n) is 13.5. The van der Waals surface area contributed by atoms with Gasteiger partial charge < -0.3 is 19.4 Å². The summed E-state index contributed by atoms with van der Waals surface area (Å²) in [5, 5.41) is 13.7. The van der Waals surface area contributed by atoms with Crippen LogP contribution in [0.4, 0.5) is 20.2 Å². The Morgan fingerprint density at radius 2 is 1.80 bits per heavy atom. The van der Waals surface area contributed by atoms with Crippen LogP contribution >= 0.6 is 11.6 Å². The van der Waals surface area contributed by atoms with Crippen LogP contribution in [-0.4, -0.2) is 97.2 Å². The minimum absolute atomic E-state index is 0.0846. The van der Waals surface area contributed by atoms with Crippen molar-refractivity contribution in [3.63, 3.8) is 0 Å². The second kappa shape index (κ2) is 18.3. The number of hydrogen-bond donors (Lipinski definition) is 2. The van der Waals surface area contributed by atoms with Crippen LogP contribution in [0.2, 0.25) is 5.02 Å². The van der Waals surface area contributed by atoms with E-state index in [1.165, 1.54) is 41.1 Å². The maximum Gasteiger partial charge on any atom is 0.273 e. The summed E-state index contributed by atoms with van der Waals surface area (Å²) in [7, 11) is -4.65. The molecule has 3 aromatic carbocycles. The number of benzene rings is 3. The lowest BCUT2D eigenvalue weighted by Gasteiger charge is -2.39. The lowest BCUT2D eigenvalue weighted by atomic mass is 9.72. The van der Waals surface area contributed by atoms with Crippen LogP contribution in [0.1, 0.15) is 73.9 Å². The zero-order valence-corrected chi connectivity index (χ0v) is 38.3. The first-order valence-electron chi connectivity index (χ1n) is 22.2. The number of sulfonamides is 1. The Hall–Kier alpha value is -5.46. The fourth-order valence-corrected chi connectivity index (χ4v) is 10.9. The third kappa shape index (κ3) is 10.1. The maximum absolute atomic E-state index is 14.5. The van der Waals surface area contributed by atoms with Crippen molar-refractivity contribution in [3.8, 4) is 11.5 Å². The van der Waals surface area contributed by atoms with Gasteiger partial charge in [0.25, 0.3) is 21.6 Å². The zero-order valence-electron chi connectivity index (χ0n) is 36.8. The van der Waals surface area contributed by atoms with Gasteiger partial charge in [0.2, 0.25) is 5.92 Å². The average Bonchev–Trinajstić information content (AvgIpc) is 3.85. The number of H-pyrrole nitrogens is 1. The lowest BCUT2D eigenvalue weighted by molar-refractivity contribution is -0.385. The quantitative estimate of drug-likeness (QED) is 0.0806. The van der Waals surface area contributed by atoms with Gasteiger partial charge in [-0.3, -0.25) is 24.7 Å². The van der Waals surface area contributed by atoms with Crippen molar-refractivity contribution >= 4 is 55.5 Å². The molecule has 2 unspecified atom stereocenters. The number of nitro groups is 1. The van der Waals surface area contributed by atoms with Crippen molar-refractivity contribution < 1.29 is 36.4 Å². The molecule has 2 aliphatic heterocycles. The molecule has 0 spiro atoms. The highest BCUT2D eigenvalue weighted by atomic mass is 35.5. The topological polar surface area (TPSA) is 163 Å². The summed E-state index contributed by atoms with van der Waals surface area (Å²) < 4.78 is 70.1. The van der Waals surface area contributed by atoms with Crippen LogP contribution in [0.15, 0.2) is 95.7 Å². The molecule has 4 heterocycles. The molecule has 1 saturated carbocycles. The van der Waals surface area contributed by atoms with Gasteiger partial charge in [0, 0.05) is 91.6 Å². The van der Waals surface area contributed by atoms with Gasteiger partial charge in [0.1, 0.15) is 30.6 Å². The van der Waals surface area contributed by atoms with Crippen molar-refractivity contribution in [2.75, 3.05) is 51.1 Å². The maximum atomic E-state index is 14.5. The van der Waals surface area contributed by atoms with E-state index in [1.54, 1.807) is 24.4 Å². The number of piperazine rings is 1. The number of aromatic amines is 1. The number of carbonyl (C=O) groups is 1. The van der Waals surface area contributed by atoms with E-state index in [-0.39, 0.29) is 61.4 Å². The molecule has 9 rings (SSSR count). The van der Waals surface area contributed by atoms with Crippen LogP contribution < -0.4 is 14.4 Å². The summed E-state index contributed by atoms with van der Waals surface area (Å²) in [6.07, 6.45) is 6.06. The van der Waals surface area contributed by atoms with Crippen LogP contribution in [0.3, 0.4) is 0 Å². The molecule has 2 saturated heterocycles. The number of rotatable bonds is 14. The van der Waals surface area contributed by atoms with Gasteiger partial charge in [-0.2, -0.15) is 0 Å². The number of nitrogens with zero attached hydrogens (tertiary/aromatic N) is 5. The van der Waals surface area contributed by atoms with Crippen molar-refractivity contribution in [1.82, 2.24) is 24.5 Å². The first-order valence-corrected chi connectivity index (χ1v) is 24.1. The number of halogens is 3. The van der Waals surface area contributed by atoms with Gasteiger partial charge in [-0.05, 0) is 97.0 Å². The SMILES string of the molecule is CC1(C)CCC(CN2CCN(c3ccc(C(=O)NS(=O)(=O)c4ccc(CCC5CC(F)(F)CC5N5COC5)c([N+](=O)[O-])c4)c(Oc4cnc5[nH]ccc5c4)c3)CC2)=C(c2ccc(Cl)cc2)C1. The molecule has 2 atom stereocenters. The number of amides is 1. The molecular formula is C48H52ClF2N7O7S. The number of pyridine rings is 1. The van der Waals surface area contributed by atoms with E-state index in [0.717, 1.165) is 56.0 Å². The highest BCUT2D eigenvalue weighted by molar-refractivity contribution is 7.90. The summed E-state index contributed by atoms with van der Waals surface area (Å²) in [6, 6.07) is 19.6. The molecular weight excluding hydrogens is 892 g/mol. The molecule has 2 aliphatic carbocycles. The number of allylic oxidation sites excluding steroid dienone is 1. The molecule has 1 amide bonds. The normalized spacial score (nSPS) is 21.2. The molecule has 0 bridgehead atoms. The molecule has 66 heavy (non-hydrogen) atoms. The molecule has 3 fully saturated rings. The average molecular weight is 945 g/mol. The third-order valence-corrected chi connectivity index (χ3v) is 15.1. The van der Waals surface area contributed by atoms with Gasteiger partial charge in [-0.25, -0.2) is 26.9 Å². The number of hydrogen-bond acceptors (Lipinski definition) is 11. The summed E-state index contributed by atoms with van der Waals surface area (Å²) in [6.45, 7) is 9.00. The van der Waals surface area contributed by atoms with E-state index < -0.39 is 49.3 Å². The Kier molecular flexibility index (Phi) is 12.7. The number of fused-ring (bicyclic) bond motifs is 1. The molecule has 14 nitrogen and oxygen atoms in total. The number of anilines is 1. The van der Waals surface area contributed by atoms with Crippen molar-refractivity contribution in [3.05, 3.63) is 123 Å². The summed E-state index contributed by atoms with van der Waals surface area (Å²) in [4.78, 5) is 39.0. The van der Waals surface area contributed by atoms with Gasteiger partial charge in [-0.1, -0.05) is 49.2 Å². The smallest absolute Gasteiger partial charge is 0.273 e. The lowest BCUT2D eigenvalue weighted by Crippen LogP contribution is -2.49. The Morgan fingerprint density at radius 1 is 1.03 bits per heavy atom. The Bertz CT molecular complexity index is 2790. The molecule has 0 radical (unpaired) electrons. The second-order valence-electron chi connectivity index (χ2n) is 18.7. The van der Waals surface area contributed by atoms with E-state index >= 15 is 0 Å². The minimum Gasteiger partial charge on any atom is -0.455 e. The molecule has 2 N–H and O–H groups in total. The largest absolute Gasteiger partial charge is 0.455 e. The van der Waals surface area contributed by atoms with Crippen molar-refractivity contribution in [1.29, 1.82) is 0 Å². The standard InChI is InChI=1S/C48H52ClF2N7O7S/c1-47(2)15-13-35(41(25-47)31-5-8-36(49)9-6-31)28-55-17-19-56(20-18-55)37-10-12-40(44(22-37)65-38-21-33-14-16-52-45(33)53-27-38)46(59)54-66(62,63)39-11-7-32(42(23-39)58(60)61)3-4-34-24-48(50,51)26-43(34)57-29-64-30-57/h5-12,14,16,21-23,27,34,43H,3-4,13,15,17-20,24-26,28-30H2,1-2H3,(H,52,53)(H,54,59). The van der Waals surface area contributed by atoms with Crippen LogP contribution in [0, 0.1) is 21.4 Å². The Balaban J connectivity index is 0.919. The molecule has 2 aromatic heterocycles. The van der Waals surface area contributed by atoms with Crippen molar-refractivity contribution in [2.45, 2.75) is 75.7 Å². The number of alkyl halides is 2. The van der Waals surface area contributed by atoms with E-state index in [1.807, 2.05) is 23.1 Å². The highest BCUT2D eigenvalue weighted by Crippen LogP contribution is 2.46. The van der Waals surface area contributed by atoms with Crippen LogP contribution in [0.25, 0.3) is 16.6 Å². The number of aromatic nitrogens is 2. The number of aryl methyl sites for hydroxylation is 1. The second-order valence-corrected chi connectivity index (χ2v) is 20.8. The van der Waals surface area contributed by atoms with E-state index in [2.05, 4.69) is 50.5 Å². The summed E-state index contributed by atoms with van der Waals surface area (Å²) in [5.74, 6) is -3.88. The van der Waals surface area contributed by atoms with E-state index in [9.17, 15) is 32.1 Å². The predicted molar refractivity (Wildman–Crippen MR) is 247 cm³/mol. The number of nitro benzene ring substituents is 1. The molecule has 348 valence electrons. The fraction of sp³-hybridized carbons (Fsp3) is 0.417. The highest BCUT2D eigenvalue weighted by Gasteiger charge is 2.49. The van der Waals surface area contributed by atoms with Gasteiger partial charge >= 0.3 is 0 Å². The van der Waals surface area contributed by atoms with E-state index in [4.69, 9.17) is 21.1 Å². The monoisotopic (exact) mass is 943 g/mol. The van der Waals surface area contributed by atoms with Crippen LogP contribution in [0.5, 0.6) is 11.5 Å². The Labute approximate surface area is 387 Å². The van der Waals surface area contributed by atoms with Gasteiger partial charge in [-0.15, -0.1) is 0 Å². The number of ether oxygens (including phenoxy) is 2. The molecule has 4 aliphatic rings. The predicted octanol–water partition coefficient (Wildman–Crippen LogP) is 9.42. The minimum atomic E-state index is -4.65. The molecule has 18 heteroatoms. The molecule has 5 aromatic rings. The first-order chi connectivity index (χ1) is 31.5. The first kappa shape index (κ1) is 45.7. The van der Waals surface area contributed by atoms with Crippen molar-refractivity contribution in [2.24, 2.45) is 11.3 Å². The zero-order chi connectivity index (χ0) is 46.4. The number of nitrogens with one attached hydrogen (secondary N) is 2. The van der Waals surface area contributed by atoms with E-state index in [0.29, 0.717) is 29.5 Å². The van der Waals surface area contributed by atoms with Crippen LogP contribution in [-0.2, 0) is 21.2 Å². The number of carbonyl (C=O) groups excluding carboxylic acids is 1. The summed E-state index contributed by atoms with van der Waals surface area (Å²) in [5.41, 5.74) is 5.31. The fourth-order valence-electron chi connectivity index (χ4n) is 9.83. The Morgan fingerprint density at radius 3 is 2.53 bits per heavy atom. The van der Waals surface area contributed by atoms with Gasteiger partial charge in [0.05, 0.1) is 21.6 Å².